The average molecular weight is 238 g/mol. The number of hydrogen-bond acceptors (Lipinski definition) is 2. The number of carbonyl (C=O) groups excluding carboxylic acids is 1. The summed E-state index contributed by atoms with van der Waals surface area (Å²) in [5.74, 6) is -0.530. The first kappa shape index (κ1) is 13.5. The maximum atomic E-state index is 13.0. The van der Waals surface area contributed by atoms with Gasteiger partial charge in [-0.05, 0) is 24.6 Å². The van der Waals surface area contributed by atoms with Gasteiger partial charge in [-0.1, -0.05) is 26.2 Å². The van der Waals surface area contributed by atoms with Crippen LogP contribution < -0.4 is 11.1 Å². The Bertz CT molecular complexity index is 359. The molecule has 1 aromatic rings. The highest BCUT2D eigenvalue weighted by Crippen LogP contribution is 2.16. The third-order valence-electron chi connectivity index (χ3n) is 2.46. The van der Waals surface area contributed by atoms with E-state index in [1.165, 1.54) is 12.1 Å². The van der Waals surface area contributed by atoms with Gasteiger partial charge >= 0.3 is 0 Å². The highest BCUT2D eigenvalue weighted by atomic mass is 19.1. The Balaban J connectivity index is 2.39. The summed E-state index contributed by atoms with van der Waals surface area (Å²) < 4.78 is 13.0. The lowest BCUT2D eigenvalue weighted by Crippen LogP contribution is -2.11. The van der Waals surface area contributed by atoms with Gasteiger partial charge < -0.3 is 11.1 Å². The van der Waals surface area contributed by atoms with Crippen molar-refractivity contribution in [3.05, 3.63) is 24.0 Å². The number of nitrogens with one attached hydrogen (secondary N) is 1. The van der Waals surface area contributed by atoms with E-state index in [9.17, 15) is 9.18 Å². The largest absolute Gasteiger partial charge is 0.399 e. The first-order valence-electron chi connectivity index (χ1n) is 5.97. The molecule has 1 aromatic carbocycles. The van der Waals surface area contributed by atoms with Gasteiger partial charge in [-0.2, -0.15) is 0 Å². The topological polar surface area (TPSA) is 55.1 Å². The van der Waals surface area contributed by atoms with E-state index in [1.54, 1.807) is 6.07 Å². The number of nitrogen functional groups attached to an aromatic ring is 1. The average Bonchev–Trinajstić information content (AvgIpc) is 2.23. The van der Waals surface area contributed by atoms with Crippen LogP contribution in [0.15, 0.2) is 18.2 Å². The van der Waals surface area contributed by atoms with Crippen LogP contribution in [0.5, 0.6) is 0 Å². The zero-order valence-electron chi connectivity index (χ0n) is 10.1. The highest BCUT2D eigenvalue weighted by molar-refractivity contribution is 5.91. The van der Waals surface area contributed by atoms with Crippen molar-refractivity contribution in [1.29, 1.82) is 0 Å². The van der Waals surface area contributed by atoms with Crippen molar-refractivity contribution in [3.8, 4) is 0 Å². The summed E-state index contributed by atoms with van der Waals surface area (Å²) in [7, 11) is 0. The summed E-state index contributed by atoms with van der Waals surface area (Å²) in [6.45, 7) is 2.12. The minimum atomic E-state index is -0.439. The van der Waals surface area contributed by atoms with Gasteiger partial charge in [-0.3, -0.25) is 4.79 Å². The highest BCUT2D eigenvalue weighted by Gasteiger charge is 2.04. The molecule has 1 amide bonds. The van der Waals surface area contributed by atoms with Gasteiger partial charge in [0, 0.05) is 17.8 Å². The fourth-order valence-corrected chi connectivity index (χ4v) is 1.62. The van der Waals surface area contributed by atoms with Gasteiger partial charge in [-0.25, -0.2) is 4.39 Å². The molecule has 94 valence electrons. The molecular formula is C13H19FN2O. The Hall–Kier alpha value is -1.58. The van der Waals surface area contributed by atoms with Gasteiger partial charge in [0.2, 0.25) is 5.91 Å². The number of nitrogens with two attached hydrogens (primary N) is 1. The van der Waals surface area contributed by atoms with Crippen molar-refractivity contribution in [2.24, 2.45) is 0 Å². The van der Waals surface area contributed by atoms with E-state index in [2.05, 4.69) is 12.2 Å². The van der Waals surface area contributed by atoms with Crippen LogP contribution in [-0.4, -0.2) is 5.91 Å². The molecule has 3 N–H and O–H groups in total. The second-order valence-corrected chi connectivity index (χ2v) is 4.13. The molecule has 3 nitrogen and oxygen atoms in total. The van der Waals surface area contributed by atoms with Crippen LogP contribution >= 0.6 is 0 Å². The molecule has 0 unspecified atom stereocenters. The fraction of sp³-hybridized carbons (Fsp3) is 0.462. The van der Waals surface area contributed by atoms with Gasteiger partial charge in [0.1, 0.15) is 5.82 Å². The van der Waals surface area contributed by atoms with Gasteiger partial charge in [-0.15, -0.1) is 0 Å². The Morgan fingerprint density at radius 1 is 1.29 bits per heavy atom. The number of hydrogen-bond donors (Lipinski definition) is 2. The minimum Gasteiger partial charge on any atom is -0.399 e. The van der Waals surface area contributed by atoms with E-state index >= 15 is 0 Å². The van der Waals surface area contributed by atoms with Crippen LogP contribution in [0.4, 0.5) is 15.8 Å². The smallest absolute Gasteiger partial charge is 0.224 e. The molecule has 0 heterocycles. The molecule has 0 saturated carbocycles. The van der Waals surface area contributed by atoms with Crippen LogP contribution in [-0.2, 0) is 4.79 Å². The molecule has 0 aliphatic heterocycles. The van der Waals surface area contributed by atoms with Crippen molar-refractivity contribution in [1.82, 2.24) is 0 Å². The normalized spacial score (nSPS) is 10.2. The molecule has 0 atom stereocenters. The third-order valence-corrected chi connectivity index (χ3v) is 2.46. The predicted octanol–water partition coefficient (Wildman–Crippen LogP) is 3.32. The van der Waals surface area contributed by atoms with Crippen LogP contribution in [0.2, 0.25) is 0 Å². The molecule has 0 aliphatic rings. The number of unbranched alkanes of at least 4 members (excludes halogenated alkanes) is 3. The molecule has 0 fully saturated rings. The molecule has 0 saturated heterocycles. The summed E-state index contributed by atoms with van der Waals surface area (Å²) in [6, 6.07) is 4.03. The quantitative estimate of drug-likeness (QED) is 0.590. The van der Waals surface area contributed by atoms with Gasteiger partial charge in [0.25, 0.3) is 0 Å². The first-order valence-corrected chi connectivity index (χ1v) is 5.97. The lowest BCUT2D eigenvalue weighted by Gasteiger charge is -2.06. The molecule has 0 spiro atoms. The van der Waals surface area contributed by atoms with Crippen molar-refractivity contribution in [2.45, 2.75) is 39.0 Å². The molecule has 0 radical (unpaired) electrons. The van der Waals surface area contributed by atoms with E-state index in [-0.39, 0.29) is 5.91 Å². The summed E-state index contributed by atoms with van der Waals surface area (Å²) in [4.78, 5) is 11.5. The molecular weight excluding hydrogens is 219 g/mol. The molecule has 0 aliphatic carbocycles. The summed E-state index contributed by atoms with van der Waals surface area (Å²) in [5, 5.41) is 2.64. The fourth-order valence-electron chi connectivity index (χ4n) is 1.62. The van der Waals surface area contributed by atoms with Crippen LogP contribution in [0.25, 0.3) is 0 Å². The van der Waals surface area contributed by atoms with Crippen LogP contribution in [0.3, 0.4) is 0 Å². The number of amides is 1. The summed E-state index contributed by atoms with van der Waals surface area (Å²) in [6.07, 6.45) is 4.67. The maximum absolute atomic E-state index is 13.0. The van der Waals surface area contributed by atoms with Crippen molar-refractivity contribution in [3.63, 3.8) is 0 Å². The van der Waals surface area contributed by atoms with Gasteiger partial charge in [0.15, 0.2) is 0 Å². The van der Waals surface area contributed by atoms with E-state index < -0.39 is 5.82 Å². The van der Waals surface area contributed by atoms with E-state index in [0.717, 1.165) is 25.7 Å². The summed E-state index contributed by atoms with van der Waals surface area (Å²) >= 11 is 0. The first-order chi connectivity index (χ1) is 8.11. The zero-order valence-corrected chi connectivity index (χ0v) is 10.1. The number of anilines is 2. The molecule has 0 aromatic heterocycles. The number of carbonyl (C=O) groups is 1. The van der Waals surface area contributed by atoms with Crippen LogP contribution in [0, 0.1) is 5.82 Å². The van der Waals surface area contributed by atoms with Crippen LogP contribution in [0.1, 0.15) is 39.0 Å². The zero-order chi connectivity index (χ0) is 12.7. The molecule has 4 heteroatoms. The standard InChI is InChI=1S/C13H19FN2O/c1-2-3-4-5-6-13(17)16-12-8-10(14)7-11(15)9-12/h7-9H,2-6,15H2,1H3,(H,16,17). The van der Waals surface area contributed by atoms with E-state index in [0.29, 0.717) is 17.8 Å². The van der Waals surface area contributed by atoms with Crippen molar-refractivity contribution in [2.75, 3.05) is 11.1 Å². The second-order valence-electron chi connectivity index (χ2n) is 4.13. The number of rotatable bonds is 6. The Kier molecular flexibility index (Phi) is 5.46. The lowest BCUT2D eigenvalue weighted by atomic mass is 10.1. The van der Waals surface area contributed by atoms with E-state index in [1.807, 2.05) is 0 Å². The van der Waals surface area contributed by atoms with Crippen molar-refractivity contribution >= 4 is 17.3 Å². The van der Waals surface area contributed by atoms with Gasteiger partial charge in [0.05, 0.1) is 0 Å². The number of benzene rings is 1. The van der Waals surface area contributed by atoms with Crippen molar-refractivity contribution < 1.29 is 9.18 Å². The minimum absolute atomic E-state index is 0.0916. The maximum Gasteiger partial charge on any atom is 0.224 e. The lowest BCUT2D eigenvalue weighted by molar-refractivity contribution is -0.116. The predicted molar refractivity (Wildman–Crippen MR) is 68.2 cm³/mol. The number of halogens is 1. The Labute approximate surface area is 101 Å². The second kappa shape index (κ2) is 6.89. The van der Waals surface area contributed by atoms with E-state index in [4.69, 9.17) is 5.73 Å². The monoisotopic (exact) mass is 238 g/mol. The third kappa shape index (κ3) is 5.33. The molecule has 1 rings (SSSR count). The SMILES string of the molecule is CCCCCCC(=O)Nc1cc(N)cc(F)c1. The Morgan fingerprint density at radius 2 is 2.06 bits per heavy atom. The molecule has 17 heavy (non-hydrogen) atoms. The Morgan fingerprint density at radius 3 is 2.71 bits per heavy atom. The summed E-state index contributed by atoms with van der Waals surface area (Å²) in [5.41, 5.74) is 6.21. The molecule has 0 bridgehead atoms.